The zero-order valence-corrected chi connectivity index (χ0v) is 9.06. The molecule has 0 unspecified atom stereocenters. The van der Waals surface area contributed by atoms with Crippen molar-refractivity contribution >= 4 is 17.0 Å². The van der Waals surface area contributed by atoms with Crippen LogP contribution in [0.2, 0.25) is 0 Å². The number of benzene rings is 1. The van der Waals surface area contributed by atoms with Gasteiger partial charge in [0.15, 0.2) is 0 Å². The Kier molecular flexibility index (Phi) is 2.48. The fourth-order valence-electron chi connectivity index (χ4n) is 1.57. The summed E-state index contributed by atoms with van der Waals surface area (Å²) in [6.45, 7) is 3.34. The van der Waals surface area contributed by atoms with Crippen LogP contribution in [0.1, 0.15) is 18.2 Å². The summed E-state index contributed by atoms with van der Waals surface area (Å²) in [6.07, 6.45) is 1.45. The van der Waals surface area contributed by atoms with E-state index in [-0.39, 0.29) is 5.70 Å². The van der Waals surface area contributed by atoms with Gasteiger partial charge in [0.2, 0.25) is 5.70 Å². The van der Waals surface area contributed by atoms with E-state index in [1.165, 1.54) is 13.0 Å². The minimum absolute atomic E-state index is 0.0714. The Morgan fingerprint density at radius 2 is 2.12 bits per heavy atom. The smallest absolute Gasteiger partial charge is 0.246 e. The molecule has 0 N–H and O–H groups in total. The van der Waals surface area contributed by atoms with E-state index in [0.717, 1.165) is 16.5 Å². The molecular weight excluding hydrogens is 206 g/mol. The van der Waals surface area contributed by atoms with Crippen LogP contribution in [0.3, 0.4) is 0 Å². The Morgan fingerprint density at radius 1 is 1.44 bits per heavy atom. The number of allylic oxidation sites excluding steroid dienone is 1. The number of hydrogen-bond donors (Lipinski definition) is 0. The van der Waals surface area contributed by atoms with Crippen molar-refractivity contribution in [1.82, 2.24) is 0 Å². The maximum atomic E-state index is 10.5. The topological polar surface area (TPSA) is 56.3 Å². The van der Waals surface area contributed by atoms with E-state index in [9.17, 15) is 10.1 Å². The molecule has 1 aromatic carbocycles. The maximum absolute atomic E-state index is 10.5. The molecule has 0 aliphatic carbocycles. The van der Waals surface area contributed by atoms with Gasteiger partial charge >= 0.3 is 0 Å². The number of aryl methyl sites for hydroxylation is 1. The van der Waals surface area contributed by atoms with Gasteiger partial charge in [-0.15, -0.1) is 0 Å². The normalized spacial score (nSPS) is 12.0. The number of nitro groups is 1. The lowest BCUT2D eigenvalue weighted by Crippen LogP contribution is -1.92. The quantitative estimate of drug-likeness (QED) is 0.572. The van der Waals surface area contributed by atoms with Gasteiger partial charge in [0.25, 0.3) is 0 Å². The van der Waals surface area contributed by atoms with Crippen molar-refractivity contribution in [3.8, 4) is 0 Å². The van der Waals surface area contributed by atoms with E-state index in [0.29, 0.717) is 5.76 Å². The van der Waals surface area contributed by atoms with Crippen LogP contribution in [0, 0.1) is 17.0 Å². The molecule has 0 radical (unpaired) electrons. The van der Waals surface area contributed by atoms with Crippen LogP contribution in [0.25, 0.3) is 17.0 Å². The molecule has 1 heterocycles. The van der Waals surface area contributed by atoms with Crippen molar-refractivity contribution in [2.24, 2.45) is 0 Å². The lowest BCUT2D eigenvalue weighted by atomic mass is 10.1. The second-order valence-electron chi connectivity index (χ2n) is 3.63. The molecule has 0 fully saturated rings. The van der Waals surface area contributed by atoms with Crippen LogP contribution in [0.5, 0.6) is 0 Å². The average molecular weight is 217 g/mol. The predicted molar refractivity (Wildman–Crippen MR) is 61.6 cm³/mol. The SMILES string of the molecule is C/C(=C\c1oc2ccccc2c1C)[N+](=O)[O-]. The van der Waals surface area contributed by atoms with E-state index in [4.69, 9.17) is 4.42 Å². The van der Waals surface area contributed by atoms with E-state index < -0.39 is 4.92 Å². The molecule has 82 valence electrons. The number of nitrogens with zero attached hydrogens (tertiary/aromatic N) is 1. The average Bonchev–Trinajstić information content (AvgIpc) is 2.56. The summed E-state index contributed by atoms with van der Waals surface area (Å²) in [5.74, 6) is 0.551. The lowest BCUT2D eigenvalue weighted by molar-refractivity contribution is -0.422. The van der Waals surface area contributed by atoms with Crippen molar-refractivity contribution in [1.29, 1.82) is 0 Å². The van der Waals surface area contributed by atoms with Crippen LogP contribution in [-0.2, 0) is 0 Å². The molecule has 0 spiro atoms. The minimum atomic E-state index is -0.424. The largest absolute Gasteiger partial charge is 0.456 e. The lowest BCUT2D eigenvalue weighted by Gasteiger charge is -1.90. The third-order valence-corrected chi connectivity index (χ3v) is 2.51. The molecule has 0 saturated carbocycles. The van der Waals surface area contributed by atoms with E-state index in [1.807, 2.05) is 31.2 Å². The van der Waals surface area contributed by atoms with Gasteiger partial charge in [0.05, 0.1) is 11.0 Å². The zero-order chi connectivity index (χ0) is 11.7. The zero-order valence-electron chi connectivity index (χ0n) is 9.06. The molecule has 0 saturated heterocycles. The van der Waals surface area contributed by atoms with Crippen LogP contribution >= 0.6 is 0 Å². The Labute approximate surface area is 92.3 Å². The third-order valence-electron chi connectivity index (χ3n) is 2.51. The number of furan rings is 1. The Balaban J connectivity index is 2.58. The monoisotopic (exact) mass is 217 g/mol. The molecule has 0 amide bonds. The predicted octanol–water partition coefficient (Wildman–Crippen LogP) is 3.38. The fourth-order valence-corrected chi connectivity index (χ4v) is 1.57. The highest BCUT2D eigenvalue weighted by Crippen LogP contribution is 2.26. The highest BCUT2D eigenvalue weighted by atomic mass is 16.6. The first-order valence-electron chi connectivity index (χ1n) is 4.90. The van der Waals surface area contributed by atoms with E-state index in [2.05, 4.69) is 0 Å². The first-order valence-corrected chi connectivity index (χ1v) is 4.90. The first kappa shape index (κ1) is 10.4. The van der Waals surface area contributed by atoms with Crippen molar-refractivity contribution in [3.05, 3.63) is 51.4 Å². The molecular formula is C12H11NO3. The Hall–Kier alpha value is -2.10. The van der Waals surface area contributed by atoms with Gasteiger partial charge in [-0.3, -0.25) is 10.1 Å². The van der Waals surface area contributed by atoms with Crippen LogP contribution < -0.4 is 0 Å². The van der Waals surface area contributed by atoms with Crippen LogP contribution in [-0.4, -0.2) is 4.92 Å². The summed E-state index contributed by atoms with van der Waals surface area (Å²) in [5.41, 5.74) is 1.75. The van der Waals surface area contributed by atoms with Gasteiger partial charge in [-0.2, -0.15) is 0 Å². The third kappa shape index (κ3) is 1.69. The Morgan fingerprint density at radius 3 is 2.75 bits per heavy atom. The summed E-state index contributed by atoms with van der Waals surface area (Å²) < 4.78 is 5.54. The van der Waals surface area contributed by atoms with Gasteiger partial charge in [0.1, 0.15) is 11.3 Å². The molecule has 1 aromatic heterocycles. The second kappa shape index (κ2) is 3.81. The summed E-state index contributed by atoms with van der Waals surface area (Å²) in [5, 5.41) is 11.5. The maximum Gasteiger partial charge on any atom is 0.246 e. The van der Waals surface area contributed by atoms with Crippen molar-refractivity contribution in [3.63, 3.8) is 0 Å². The van der Waals surface area contributed by atoms with Crippen molar-refractivity contribution in [2.75, 3.05) is 0 Å². The number of para-hydroxylation sites is 1. The van der Waals surface area contributed by atoms with Crippen molar-refractivity contribution in [2.45, 2.75) is 13.8 Å². The highest BCUT2D eigenvalue weighted by molar-refractivity contribution is 5.84. The molecule has 4 nitrogen and oxygen atoms in total. The first-order chi connectivity index (χ1) is 7.59. The number of rotatable bonds is 2. The molecule has 2 rings (SSSR count). The number of hydrogen-bond acceptors (Lipinski definition) is 3. The summed E-state index contributed by atoms with van der Waals surface area (Å²) in [7, 11) is 0. The second-order valence-corrected chi connectivity index (χ2v) is 3.63. The van der Waals surface area contributed by atoms with Gasteiger partial charge in [0, 0.05) is 17.9 Å². The van der Waals surface area contributed by atoms with Crippen molar-refractivity contribution < 1.29 is 9.34 Å². The molecule has 0 aliphatic rings. The fraction of sp³-hybridized carbons (Fsp3) is 0.167. The van der Waals surface area contributed by atoms with Gasteiger partial charge in [-0.05, 0) is 13.0 Å². The highest BCUT2D eigenvalue weighted by Gasteiger charge is 2.11. The van der Waals surface area contributed by atoms with Crippen LogP contribution in [0.15, 0.2) is 34.4 Å². The van der Waals surface area contributed by atoms with E-state index >= 15 is 0 Å². The summed E-state index contributed by atoms with van der Waals surface area (Å²) in [6, 6.07) is 7.58. The Bertz CT molecular complexity index is 581. The van der Waals surface area contributed by atoms with Gasteiger partial charge < -0.3 is 4.42 Å². The molecule has 2 aromatic rings. The summed E-state index contributed by atoms with van der Waals surface area (Å²) in [4.78, 5) is 10.1. The van der Waals surface area contributed by atoms with Gasteiger partial charge in [-0.25, -0.2) is 0 Å². The van der Waals surface area contributed by atoms with Crippen LogP contribution in [0.4, 0.5) is 0 Å². The molecule has 16 heavy (non-hydrogen) atoms. The standard InChI is InChI=1S/C12H11NO3/c1-8(13(14)15)7-12-9(2)10-5-3-4-6-11(10)16-12/h3-7H,1-2H3/b8-7+. The molecule has 0 aliphatic heterocycles. The summed E-state index contributed by atoms with van der Waals surface area (Å²) >= 11 is 0. The molecule has 0 bridgehead atoms. The van der Waals surface area contributed by atoms with Gasteiger partial charge in [-0.1, -0.05) is 18.2 Å². The van der Waals surface area contributed by atoms with E-state index in [1.54, 1.807) is 0 Å². The minimum Gasteiger partial charge on any atom is -0.456 e. The molecule has 4 heteroatoms. The number of fused-ring (bicyclic) bond motifs is 1. The molecule has 0 atom stereocenters.